The van der Waals surface area contributed by atoms with Gasteiger partial charge in [0.25, 0.3) is 0 Å². The topological polar surface area (TPSA) is 114 Å². The van der Waals surface area contributed by atoms with Crippen LogP contribution < -0.4 is 15.4 Å². The number of ether oxygens (including phenoxy) is 1. The molecule has 9 nitrogen and oxygen atoms in total. The average molecular weight is 471 g/mol. The molecule has 184 valence electrons. The van der Waals surface area contributed by atoms with Crippen LogP contribution in [-0.4, -0.2) is 47.0 Å². The lowest BCUT2D eigenvalue weighted by Crippen LogP contribution is -2.50. The molecule has 0 aliphatic heterocycles. The molecule has 2 rings (SSSR count). The van der Waals surface area contributed by atoms with Crippen LogP contribution in [0.2, 0.25) is 0 Å². The molecule has 0 radical (unpaired) electrons. The van der Waals surface area contributed by atoms with Crippen molar-refractivity contribution < 1.29 is 23.6 Å². The Hall–Kier alpha value is -3.62. The normalized spacial score (nSPS) is 11.9. The van der Waals surface area contributed by atoms with Crippen molar-refractivity contribution in [1.29, 1.82) is 0 Å². The first-order chi connectivity index (χ1) is 16.1. The molecule has 0 spiro atoms. The first kappa shape index (κ1) is 26.6. The summed E-state index contributed by atoms with van der Waals surface area (Å²) in [5.74, 6) is 0.449. The molecule has 34 heavy (non-hydrogen) atoms. The number of hydrogen-bond acceptors (Lipinski definition) is 6. The van der Waals surface area contributed by atoms with Crippen LogP contribution in [0.25, 0.3) is 0 Å². The number of benzene rings is 1. The Morgan fingerprint density at radius 2 is 1.91 bits per heavy atom. The number of hydrogen-bond donors (Lipinski definition) is 2. The van der Waals surface area contributed by atoms with E-state index in [2.05, 4.69) is 22.4 Å². The third-order valence-corrected chi connectivity index (χ3v) is 5.44. The highest BCUT2D eigenvalue weighted by atomic mass is 16.5. The Bertz CT molecular complexity index is 997. The fraction of sp³-hybridized carbons (Fsp3) is 0.440. The summed E-state index contributed by atoms with van der Waals surface area (Å²) >= 11 is 0. The monoisotopic (exact) mass is 470 g/mol. The highest BCUT2D eigenvalue weighted by molar-refractivity contribution is 5.94. The van der Waals surface area contributed by atoms with Gasteiger partial charge < -0.3 is 24.8 Å². The van der Waals surface area contributed by atoms with Gasteiger partial charge in [0.2, 0.25) is 17.7 Å². The van der Waals surface area contributed by atoms with E-state index in [9.17, 15) is 14.4 Å². The van der Waals surface area contributed by atoms with Crippen LogP contribution in [0.15, 0.2) is 47.5 Å². The Balaban J connectivity index is 2.24. The summed E-state index contributed by atoms with van der Waals surface area (Å²) in [6.07, 6.45) is 2.11. The van der Waals surface area contributed by atoms with Crippen molar-refractivity contribution in [2.75, 3.05) is 19.0 Å². The molecule has 1 heterocycles. The molecule has 0 fully saturated rings. The van der Waals surface area contributed by atoms with Gasteiger partial charge in [0, 0.05) is 31.0 Å². The summed E-state index contributed by atoms with van der Waals surface area (Å²) in [5.41, 5.74) is 0.170. The van der Waals surface area contributed by atoms with Crippen LogP contribution in [0, 0.1) is 6.92 Å². The van der Waals surface area contributed by atoms with Crippen molar-refractivity contribution in [1.82, 2.24) is 15.4 Å². The average Bonchev–Trinajstić information content (AvgIpc) is 3.21. The highest BCUT2D eigenvalue weighted by Gasteiger charge is 2.33. The predicted molar refractivity (Wildman–Crippen MR) is 129 cm³/mol. The van der Waals surface area contributed by atoms with Gasteiger partial charge in [-0.1, -0.05) is 30.3 Å². The van der Waals surface area contributed by atoms with Gasteiger partial charge in [-0.05, 0) is 44.9 Å². The summed E-state index contributed by atoms with van der Waals surface area (Å²) in [6, 6.07) is 7.68. The molecular weight excluding hydrogens is 436 g/mol. The van der Waals surface area contributed by atoms with Gasteiger partial charge in [-0.25, -0.2) is 0 Å². The molecule has 0 saturated carbocycles. The number of nitrogens with zero attached hydrogens (tertiary/aromatic N) is 2. The lowest BCUT2D eigenvalue weighted by molar-refractivity contribution is -0.141. The van der Waals surface area contributed by atoms with Gasteiger partial charge in [-0.2, -0.15) is 0 Å². The zero-order chi connectivity index (χ0) is 25.3. The lowest BCUT2D eigenvalue weighted by atomic mass is 9.98. The van der Waals surface area contributed by atoms with Gasteiger partial charge in [0.1, 0.15) is 17.6 Å². The van der Waals surface area contributed by atoms with Gasteiger partial charge in [-0.15, -0.1) is 6.58 Å². The highest BCUT2D eigenvalue weighted by Crippen LogP contribution is 2.26. The minimum Gasteiger partial charge on any atom is -0.497 e. The second-order valence-corrected chi connectivity index (χ2v) is 8.61. The van der Waals surface area contributed by atoms with Crippen LogP contribution in [0.1, 0.15) is 57.4 Å². The Morgan fingerprint density at radius 3 is 2.44 bits per heavy atom. The maximum absolute atomic E-state index is 13.4. The van der Waals surface area contributed by atoms with E-state index in [4.69, 9.17) is 9.26 Å². The molecule has 3 amide bonds. The second-order valence-electron chi connectivity index (χ2n) is 8.61. The van der Waals surface area contributed by atoms with Crippen molar-refractivity contribution in [3.05, 3.63) is 54.3 Å². The molecular formula is C25H34N4O5. The van der Waals surface area contributed by atoms with E-state index in [1.54, 1.807) is 50.4 Å². The number of carbonyl (C=O) groups is 3. The minimum absolute atomic E-state index is 0.0736. The van der Waals surface area contributed by atoms with Gasteiger partial charge in [0.05, 0.1) is 7.11 Å². The van der Waals surface area contributed by atoms with E-state index >= 15 is 0 Å². The number of aromatic nitrogens is 1. The van der Waals surface area contributed by atoms with E-state index in [0.29, 0.717) is 23.5 Å². The van der Waals surface area contributed by atoms with Gasteiger partial charge >= 0.3 is 0 Å². The third-order valence-electron chi connectivity index (χ3n) is 5.44. The number of aryl methyl sites for hydroxylation is 1. The van der Waals surface area contributed by atoms with Gasteiger partial charge in [-0.3, -0.25) is 14.4 Å². The van der Waals surface area contributed by atoms with E-state index < -0.39 is 11.6 Å². The summed E-state index contributed by atoms with van der Waals surface area (Å²) in [5, 5.41) is 9.34. The lowest BCUT2D eigenvalue weighted by Gasteiger charge is -2.34. The summed E-state index contributed by atoms with van der Waals surface area (Å²) < 4.78 is 10.2. The molecule has 0 aliphatic carbocycles. The van der Waals surface area contributed by atoms with Gasteiger partial charge in [0.15, 0.2) is 5.82 Å². The van der Waals surface area contributed by atoms with Crippen LogP contribution >= 0.6 is 0 Å². The number of nitrogens with one attached hydrogen (secondary N) is 2. The largest absolute Gasteiger partial charge is 0.497 e. The maximum atomic E-state index is 13.4. The zero-order valence-corrected chi connectivity index (χ0v) is 20.5. The molecule has 0 saturated heterocycles. The van der Waals surface area contributed by atoms with E-state index in [1.165, 1.54) is 4.90 Å². The van der Waals surface area contributed by atoms with Crippen molar-refractivity contribution >= 4 is 23.5 Å². The molecule has 0 aliphatic rings. The standard InChI is InChI=1S/C25H34N4O5/c1-7-15-29(22(31)14-13-21(30)26-20-16-17(3)34-28-20)23(24(32)27-25(4,5)8-2)18-9-11-19(33-6)12-10-18/h7,9-12,16,23H,1,8,13-15H2,2-6H3,(H,27,32)(H,26,28,30)/t23-/m0/s1. The van der Waals surface area contributed by atoms with Crippen molar-refractivity contribution in [2.45, 2.75) is 58.5 Å². The zero-order valence-electron chi connectivity index (χ0n) is 20.5. The SMILES string of the molecule is C=CCN(C(=O)CCC(=O)Nc1cc(C)on1)[C@H](C(=O)NC(C)(C)CC)c1ccc(OC)cc1. The minimum atomic E-state index is -0.900. The van der Waals surface area contributed by atoms with Crippen LogP contribution in [-0.2, 0) is 14.4 Å². The Labute approximate surface area is 200 Å². The summed E-state index contributed by atoms with van der Waals surface area (Å²) in [4.78, 5) is 40.4. The van der Waals surface area contributed by atoms with Crippen molar-refractivity contribution in [2.24, 2.45) is 0 Å². The molecule has 1 aromatic carbocycles. The number of methoxy groups -OCH3 is 1. The third kappa shape index (κ3) is 7.47. The summed E-state index contributed by atoms with van der Waals surface area (Å²) in [7, 11) is 1.56. The molecule has 0 bridgehead atoms. The van der Waals surface area contributed by atoms with E-state index in [-0.39, 0.29) is 42.9 Å². The fourth-order valence-electron chi connectivity index (χ4n) is 3.23. The van der Waals surface area contributed by atoms with Crippen molar-refractivity contribution in [3.8, 4) is 5.75 Å². The Kier molecular flexibility index (Phi) is 9.41. The van der Waals surface area contributed by atoms with Crippen LogP contribution in [0.5, 0.6) is 5.75 Å². The maximum Gasteiger partial charge on any atom is 0.247 e. The Morgan fingerprint density at radius 1 is 1.24 bits per heavy atom. The molecule has 1 aromatic heterocycles. The summed E-state index contributed by atoms with van der Waals surface area (Å²) in [6.45, 7) is 11.4. The van der Waals surface area contributed by atoms with Crippen molar-refractivity contribution in [3.63, 3.8) is 0 Å². The first-order valence-corrected chi connectivity index (χ1v) is 11.2. The van der Waals surface area contributed by atoms with E-state index in [0.717, 1.165) is 0 Å². The predicted octanol–water partition coefficient (Wildman–Crippen LogP) is 3.77. The number of rotatable bonds is 12. The fourth-order valence-corrected chi connectivity index (χ4v) is 3.23. The molecule has 2 aromatic rings. The molecule has 1 atom stereocenters. The van der Waals surface area contributed by atoms with Crippen LogP contribution in [0.3, 0.4) is 0 Å². The van der Waals surface area contributed by atoms with Crippen LogP contribution in [0.4, 0.5) is 5.82 Å². The molecule has 0 unspecified atom stereocenters. The number of anilines is 1. The van der Waals surface area contributed by atoms with E-state index in [1.807, 2.05) is 20.8 Å². The second kappa shape index (κ2) is 12.0. The molecule has 9 heteroatoms. The number of carbonyl (C=O) groups excluding carboxylic acids is 3. The number of amides is 3. The molecule has 2 N–H and O–H groups in total. The smallest absolute Gasteiger partial charge is 0.247 e. The quantitative estimate of drug-likeness (QED) is 0.457. The first-order valence-electron chi connectivity index (χ1n) is 11.2.